The number of nitrogens with one attached hydrogen (secondary N) is 3. The lowest BCUT2D eigenvalue weighted by atomic mass is 10.0. The molecule has 0 spiro atoms. The fraction of sp³-hybridized carbons (Fsp3) is 0.565. The van der Waals surface area contributed by atoms with Gasteiger partial charge in [0.2, 0.25) is 17.7 Å². The maximum Gasteiger partial charge on any atom is 0.326 e. The molecule has 3 amide bonds. The van der Waals surface area contributed by atoms with Crippen LogP contribution in [-0.4, -0.2) is 66.6 Å². The summed E-state index contributed by atoms with van der Waals surface area (Å²) >= 11 is 0. The number of carbonyl (C=O) groups excluding carboxylic acids is 3. The maximum absolute atomic E-state index is 13.1. The van der Waals surface area contributed by atoms with Gasteiger partial charge in [-0.3, -0.25) is 14.4 Å². The Kier molecular flexibility index (Phi) is 14.1. The van der Waals surface area contributed by atoms with Crippen LogP contribution in [0.4, 0.5) is 0 Å². The summed E-state index contributed by atoms with van der Waals surface area (Å²) in [6.45, 7) is 0.555. The molecular formula is C23H38N6O5. The Hall–Kier alpha value is -3.02. The first-order valence-electron chi connectivity index (χ1n) is 11.6. The predicted molar refractivity (Wildman–Crippen MR) is 128 cm³/mol. The average molecular weight is 479 g/mol. The molecule has 0 saturated carbocycles. The highest BCUT2D eigenvalue weighted by atomic mass is 16.4. The molecule has 0 aliphatic rings. The summed E-state index contributed by atoms with van der Waals surface area (Å²) in [6.07, 6.45) is 3.07. The molecule has 0 fully saturated rings. The van der Waals surface area contributed by atoms with E-state index in [1.165, 1.54) is 0 Å². The Morgan fingerprint density at radius 3 is 1.79 bits per heavy atom. The molecule has 3 atom stereocenters. The van der Waals surface area contributed by atoms with Crippen molar-refractivity contribution in [3.8, 4) is 0 Å². The highest BCUT2D eigenvalue weighted by molar-refractivity contribution is 5.93. The number of hydrogen-bond acceptors (Lipinski definition) is 7. The zero-order chi connectivity index (χ0) is 25.3. The Bertz CT molecular complexity index is 776. The summed E-state index contributed by atoms with van der Waals surface area (Å²) in [7, 11) is 0. The quantitative estimate of drug-likeness (QED) is 0.138. The van der Waals surface area contributed by atoms with Gasteiger partial charge in [0.05, 0.1) is 6.54 Å². The molecule has 0 heterocycles. The summed E-state index contributed by atoms with van der Waals surface area (Å²) in [5.41, 5.74) is 17.2. The van der Waals surface area contributed by atoms with Gasteiger partial charge < -0.3 is 38.3 Å². The number of unbranched alkanes of at least 4 members (excludes halogenated alkanes) is 2. The third-order valence-electron chi connectivity index (χ3n) is 5.26. The molecule has 34 heavy (non-hydrogen) atoms. The van der Waals surface area contributed by atoms with Crippen molar-refractivity contribution in [1.82, 2.24) is 16.0 Å². The van der Waals surface area contributed by atoms with Crippen LogP contribution in [0.5, 0.6) is 0 Å². The first kappa shape index (κ1) is 29.0. The summed E-state index contributed by atoms with van der Waals surface area (Å²) < 4.78 is 0. The van der Waals surface area contributed by atoms with Gasteiger partial charge in [0.1, 0.15) is 18.1 Å². The third kappa shape index (κ3) is 11.2. The van der Waals surface area contributed by atoms with E-state index in [-0.39, 0.29) is 25.8 Å². The van der Waals surface area contributed by atoms with Crippen LogP contribution in [0.2, 0.25) is 0 Å². The molecule has 0 bridgehead atoms. The first-order chi connectivity index (χ1) is 16.3. The minimum Gasteiger partial charge on any atom is -0.480 e. The van der Waals surface area contributed by atoms with Gasteiger partial charge in [-0.05, 0) is 57.2 Å². The number of hydrogen-bond donors (Lipinski definition) is 7. The van der Waals surface area contributed by atoms with Crippen LogP contribution < -0.4 is 33.2 Å². The molecule has 11 heteroatoms. The lowest BCUT2D eigenvalue weighted by molar-refractivity contribution is -0.142. The van der Waals surface area contributed by atoms with Crippen molar-refractivity contribution in [1.29, 1.82) is 0 Å². The fourth-order valence-corrected chi connectivity index (χ4v) is 3.37. The molecule has 190 valence electrons. The summed E-state index contributed by atoms with van der Waals surface area (Å²) in [4.78, 5) is 49.5. The zero-order valence-corrected chi connectivity index (χ0v) is 19.5. The van der Waals surface area contributed by atoms with E-state index in [1.807, 2.05) is 30.3 Å². The SMILES string of the molecule is NCCCCC(NC(=O)C(CCCCN)NC(=O)C(Cc1ccccc1)NC(=O)CN)C(=O)O. The van der Waals surface area contributed by atoms with Crippen molar-refractivity contribution in [2.45, 2.75) is 63.1 Å². The number of nitrogens with two attached hydrogens (primary N) is 3. The van der Waals surface area contributed by atoms with Crippen molar-refractivity contribution < 1.29 is 24.3 Å². The minimum atomic E-state index is -1.16. The Morgan fingerprint density at radius 2 is 1.26 bits per heavy atom. The summed E-state index contributed by atoms with van der Waals surface area (Å²) in [6, 6.07) is 6.07. The average Bonchev–Trinajstić information content (AvgIpc) is 2.82. The molecule has 1 rings (SSSR count). The minimum absolute atomic E-state index is 0.201. The second kappa shape index (κ2) is 16.6. The number of rotatable bonds is 17. The second-order valence-corrected chi connectivity index (χ2v) is 8.04. The van der Waals surface area contributed by atoms with E-state index < -0.39 is 41.8 Å². The van der Waals surface area contributed by atoms with Crippen molar-refractivity contribution >= 4 is 23.7 Å². The van der Waals surface area contributed by atoms with Crippen molar-refractivity contribution in [3.05, 3.63) is 35.9 Å². The molecule has 0 aliphatic carbocycles. The van der Waals surface area contributed by atoms with Gasteiger partial charge in [-0.2, -0.15) is 0 Å². The maximum atomic E-state index is 13.1. The van der Waals surface area contributed by atoms with Crippen LogP contribution in [0.3, 0.4) is 0 Å². The van der Waals surface area contributed by atoms with Gasteiger partial charge in [-0.25, -0.2) is 4.79 Å². The third-order valence-corrected chi connectivity index (χ3v) is 5.26. The van der Waals surface area contributed by atoms with Gasteiger partial charge in [-0.15, -0.1) is 0 Å². The molecule has 3 unspecified atom stereocenters. The molecule has 0 radical (unpaired) electrons. The van der Waals surface area contributed by atoms with E-state index in [0.717, 1.165) is 5.56 Å². The Morgan fingerprint density at radius 1 is 0.735 bits per heavy atom. The number of carboxylic acids is 1. The normalized spacial score (nSPS) is 13.4. The van der Waals surface area contributed by atoms with Crippen LogP contribution >= 0.6 is 0 Å². The largest absolute Gasteiger partial charge is 0.480 e. The number of carboxylic acid groups (broad SMARTS) is 1. The van der Waals surface area contributed by atoms with Crippen LogP contribution in [-0.2, 0) is 25.6 Å². The highest BCUT2D eigenvalue weighted by Crippen LogP contribution is 2.08. The van der Waals surface area contributed by atoms with Crippen LogP contribution in [0.15, 0.2) is 30.3 Å². The standard InChI is InChI=1S/C23H38N6O5/c24-12-6-4-10-17(21(31)29-18(23(33)34)11-5-7-13-25)28-22(32)19(27-20(30)15-26)14-16-8-2-1-3-9-16/h1-3,8-9,17-19H,4-7,10-15,24-26H2,(H,27,30)(H,28,32)(H,29,31)(H,33,34). The second-order valence-electron chi connectivity index (χ2n) is 8.04. The fourth-order valence-electron chi connectivity index (χ4n) is 3.37. The van der Waals surface area contributed by atoms with Crippen LogP contribution in [0.1, 0.15) is 44.1 Å². The van der Waals surface area contributed by atoms with E-state index in [0.29, 0.717) is 38.8 Å². The molecule has 11 nitrogen and oxygen atoms in total. The van der Waals surface area contributed by atoms with E-state index in [1.54, 1.807) is 0 Å². The van der Waals surface area contributed by atoms with Crippen LogP contribution in [0, 0.1) is 0 Å². The lowest BCUT2D eigenvalue weighted by Crippen LogP contribution is -2.56. The van der Waals surface area contributed by atoms with Gasteiger partial charge >= 0.3 is 5.97 Å². The molecule has 0 aromatic heterocycles. The monoisotopic (exact) mass is 478 g/mol. The highest BCUT2D eigenvalue weighted by Gasteiger charge is 2.29. The number of benzene rings is 1. The van der Waals surface area contributed by atoms with Gasteiger partial charge in [-0.1, -0.05) is 30.3 Å². The number of aliphatic carboxylic acids is 1. The topological polar surface area (TPSA) is 203 Å². The summed E-state index contributed by atoms with van der Waals surface area (Å²) in [5, 5.41) is 17.2. The predicted octanol–water partition coefficient (Wildman–Crippen LogP) is -1.02. The van der Waals surface area contributed by atoms with E-state index in [9.17, 15) is 24.3 Å². The molecule has 1 aromatic rings. The van der Waals surface area contributed by atoms with Gasteiger partial charge in [0, 0.05) is 6.42 Å². The Balaban J connectivity index is 2.96. The molecular weight excluding hydrogens is 440 g/mol. The molecule has 1 aromatic carbocycles. The van der Waals surface area contributed by atoms with Crippen LogP contribution in [0.25, 0.3) is 0 Å². The summed E-state index contributed by atoms with van der Waals surface area (Å²) in [5.74, 6) is -2.83. The van der Waals surface area contributed by atoms with Gasteiger partial charge in [0.15, 0.2) is 0 Å². The van der Waals surface area contributed by atoms with E-state index in [2.05, 4.69) is 16.0 Å². The number of carbonyl (C=O) groups is 4. The van der Waals surface area contributed by atoms with Crippen molar-refractivity contribution in [3.63, 3.8) is 0 Å². The zero-order valence-electron chi connectivity index (χ0n) is 19.5. The molecule has 10 N–H and O–H groups in total. The van der Waals surface area contributed by atoms with Crippen molar-refractivity contribution in [2.75, 3.05) is 19.6 Å². The molecule has 0 saturated heterocycles. The lowest BCUT2D eigenvalue weighted by Gasteiger charge is -2.24. The smallest absolute Gasteiger partial charge is 0.326 e. The molecule has 0 aliphatic heterocycles. The van der Waals surface area contributed by atoms with Gasteiger partial charge in [0.25, 0.3) is 0 Å². The number of amides is 3. The van der Waals surface area contributed by atoms with E-state index in [4.69, 9.17) is 17.2 Å². The van der Waals surface area contributed by atoms with Crippen molar-refractivity contribution in [2.24, 2.45) is 17.2 Å². The first-order valence-corrected chi connectivity index (χ1v) is 11.6. The van der Waals surface area contributed by atoms with E-state index >= 15 is 0 Å². The Labute approximate surface area is 200 Å².